The highest BCUT2D eigenvalue weighted by molar-refractivity contribution is 6.18. The van der Waals surface area contributed by atoms with Crippen LogP contribution in [-0.2, 0) is 0 Å². The fraction of sp³-hybridized carbons (Fsp3) is 1.00. The largest absolute Gasteiger partial charge is 0.390 e. The fourth-order valence-corrected chi connectivity index (χ4v) is 1.79. The second-order valence-electron chi connectivity index (χ2n) is 3.56. The van der Waals surface area contributed by atoms with Gasteiger partial charge >= 0.3 is 6.18 Å². The summed E-state index contributed by atoms with van der Waals surface area (Å²) in [6.45, 7) is -0.0176. The maximum Gasteiger partial charge on any atom is 0.390 e. The molecule has 0 heterocycles. The van der Waals surface area contributed by atoms with Gasteiger partial charge in [0.15, 0.2) is 0 Å². The number of halogens is 4. The molecule has 0 radical (unpaired) electrons. The summed E-state index contributed by atoms with van der Waals surface area (Å²) >= 11 is 5.67. The van der Waals surface area contributed by atoms with E-state index in [1.54, 1.807) is 0 Å². The molecule has 1 aliphatic rings. The minimum Gasteiger partial charge on any atom is -0.310 e. The predicted molar refractivity (Wildman–Crippen MR) is 46.0 cm³/mol. The monoisotopic (exact) mass is 215 g/mol. The maximum absolute atomic E-state index is 11.8. The minimum absolute atomic E-state index is 0.0176. The van der Waals surface area contributed by atoms with Crippen molar-refractivity contribution in [1.29, 1.82) is 0 Å². The van der Waals surface area contributed by atoms with Gasteiger partial charge in [0.1, 0.15) is 0 Å². The fourth-order valence-electron chi connectivity index (χ4n) is 1.43. The first-order valence-corrected chi connectivity index (χ1v) is 4.89. The lowest BCUT2D eigenvalue weighted by Gasteiger charge is -2.41. The smallest absolute Gasteiger partial charge is 0.310 e. The molecular weight excluding hydrogens is 203 g/mol. The molecule has 0 saturated heterocycles. The molecule has 0 unspecified atom stereocenters. The average Bonchev–Trinajstić information content (AvgIpc) is 1.92. The van der Waals surface area contributed by atoms with E-state index in [-0.39, 0.29) is 12.1 Å². The summed E-state index contributed by atoms with van der Waals surface area (Å²) in [5, 5.41) is 2.89. The van der Waals surface area contributed by atoms with E-state index in [4.69, 9.17) is 11.6 Å². The molecule has 1 aliphatic carbocycles. The zero-order chi connectivity index (χ0) is 9.95. The number of nitrogens with one attached hydrogen (secondary N) is 1. The quantitative estimate of drug-likeness (QED) is 0.711. The van der Waals surface area contributed by atoms with Gasteiger partial charge in [-0.3, -0.25) is 0 Å². The van der Waals surface area contributed by atoms with Gasteiger partial charge in [0.25, 0.3) is 0 Å². The Morgan fingerprint density at radius 3 is 2.23 bits per heavy atom. The highest BCUT2D eigenvalue weighted by Crippen LogP contribution is 2.33. The molecule has 5 heteroatoms. The third kappa shape index (κ3) is 3.35. The van der Waals surface area contributed by atoms with Crippen molar-refractivity contribution in [3.8, 4) is 0 Å². The number of alkyl halides is 4. The SMILES string of the molecule is FC(F)(F)CCNC1(CCl)CCC1. The molecule has 0 bridgehead atoms. The van der Waals surface area contributed by atoms with Crippen LogP contribution in [0.25, 0.3) is 0 Å². The lowest BCUT2D eigenvalue weighted by molar-refractivity contribution is -0.134. The molecule has 13 heavy (non-hydrogen) atoms. The van der Waals surface area contributed by atoms with Crippen molar-refractivity contribution in [3.63, 3.8) is 0 Å². The van der Waals surface area contributed by atoms with Crippen molar-refractivity contribution >= 4 is 11.6 Å². The third-order valence-electron chi connectivity index (χ3n) is 2.47. The first-order chi connectivity index (χ1) is 5.97. The van der Waals surface area contributed by atoms with Crippen LogP contribution in [0, 0.1) is 0 Å². The van der Waals surface area contributed by atoms with E-state index in [0.717, 1.165) is 19.3 Å². The summed E-state index contributed by atoms with van der Waals surface area (Å²) < 4.78 is 35.4. The molecule has 1 rings (SSSR count). The van der Waals surface area contributed by atoms with E-state index >= 15 is 0 Å². The first kappa shape index (κ1) is 11.1. The topological polar surface area (TPSA) is 12.0 Å². The maximum atomic E-state index is 11.8. The second-order valence-corrected chi connectivity index (χ2v) is 3.83. The Balaban J connectivity index is 2.18. The van der Waals surface area contributed by atoms with Crippen molar-refractivity contribution in [2.75, 3.05) is 12.4 Å². The van der Waals surface area contributed by atoms with E-state index in [1.165, 1.54) is 0 Å². The average molecular weight is 216 g/mol. The summed E-state index contributed by atoms with van der Waals surface area (Å²) in [5.41, 5.74) is -0.202. The second kappa shape index (κ2) is 4.05. The van der Waals surface area contributed by atoms with Crippen LogP contribution < -0.4 is 5.32 Å². The minimum atomic E-state index is -4.07. The van der Waals surface area contributed by atoms with Crippen molar-refractivity contribution in [2.45, 2.75) is 37.4 Å². The Labute approximate surface area is 80.6 Å². The molecule has 1 N–H and O–H groups in total. The van der Waals surface area contributed by atoms with E-state index < -0.39 is 12.6 Å². The van der Waals surface area contributed by atoms with E-state index in [9.17, 15) is 13.2 Å². The van der Waals surface area contributed by atoms with Crippen LogP contribution >= 0.6 is 11.6 Å². The molecule has 0 aromatic carbocycles. The van der Waals surface area contributed by atoms with Crippen molar-refractivity contribution in [1.82, 2.24) is 5.32 Å². The summed E-state index contributed by atoms with van der Waals surface area (Å²) in [5.74, 6) is 0.408. The van der Waals surface area contributed by atoms with Gasteiger partial charge in [-0.05, 0) is 19.3 Å². The summed E-state index contributed by atoms with van der Waals surface area (Å²) in [6.07, 6.45) is -1.98. The Morgan fingerprint density at radius 1 is 1.31 bits per heavy atom. The van der Waals surface area contributed by atoms with Crippen LogP contribution in [0.15, 0.2) is 0 Å². The molecule has 0 aliphatic heterocycles. The highest BCUT2D eigenvalue weighted by atomic mass is 35.5. The van der Waals surface area contributed by atoms with Gasteiger partial charge in [-0.1, -0.05) is 0 Å². The summed E-state index contributed by atoms with van der Waals surface area (Å²) in [6, 6.07) is 0. The Kier molecular flexibility index (Phi) is 3.46. The van der Waals surface area contributed by atoms with Crippen molar-refractivity contribution in [3.05, 3.63) is 0 Å². The molecule has 0 atom stereocenters. The molecule has 78 valence electrons. The van der Waals surface area contributed by atoms with E-state index in [1.807, 2.05) is 0 Å². The third-order valence-corrected chi connectivity index (χ3v) is 2.99. The van der Waals surface area contributed by atoms with Gasteiger partial charge in [-0.25, -0.2) is 0 Å². The Bertz CT molecular complexity index is 160. The van der Waals surface area contributed by atoms with Crippen LogP contribution in [0.4, 0.5) is 13.2 Å². The standard InChI is InChI=1S/C8H13ClF3N/c9-6-7(2-1-3-7)13-5-4-8(10,11)12/h13H,1-6H2. The lowest BCUT2D eigenvalue weighted by atomic mass is 9.78. The Morgan fingerprint density at radius 2 is 1.92 bits per heavy atom. The van der Waals surface area contributed by atoms with Gasteiger partial charge in [0.2, 0.25) is 0 Å². The lowest BCUT2D eigenvalue weighted by Crippen LogP contribution is -2.53. The number of rotatable bonds is 4. The van der Waals surface area contributed by atoms with Gasteiger partial charge < -0.3 is 5.32 Å². The van der Waals surface area contributed by atoms with Crippen LogP contribution in [0.1, 0.15) is 25.7 Å². The molecule has 0 amide bonds. The van der Waals surface area contributed by atoms with Crippen molar-refractivity contribution < 1.29 is 13.2 Å². The van der Waals surface area contributed by atoms with Crippen molar-refractivity contribution in [2.24, 2.45) is 0 Å². The van der Waals surface area contributed by atoms with Gasteiger partial charge in [0, 0.05) is 18.0 Å². The normalized spacial score (nSPS) is 21.2. The zero-order valence-electron chi connectivity index (χ0n) is 7.25. The van der Waals surface area contributed by atoms with Crippen LogP contribution in [0.3, 0.4) is 0 Å². The van der Waals surface area contributed by atoms with Gasteiger partial charge in [0.05, 0.1) is 6.42 Å². The highest BCUT2D eigenvalue weighted by Gasteiger charge is 2.36. The molecule has 1 saturated carbocycles. The summed E-state index contributed by atoms with van der Waals surface area (Å²) in [7, 11) is 0. The molecular formula is C8H13ClF3N. The van der Waals surface area contributed by atoms with Gasteiger partial charge in [-0.15, -0.1) is 11.6 Å². The van der Waals surface area contributed by atoms with Crippen LogP contribution in [-0.4, -0.2) is 24.1 Å². The molecule has 0 aromatic rings. The van der Waals surface area contributed by atoms with E-state index in [2.05, 4.69) is 5.32 Å². The van der Waals surface area contributed by atoms with Crippen LogP contribution in [0.5, 0.6) is 0 Å². The number of hydrogen-bond donors (Lipinski definition) is 1. The Hall–Kier alpha value is 0.0400. The summed E-state index contributed by atoms with van der Waals surface area (Å²) in [4.78, 5) is 0. The first-order valence-electron chi connectivity index (χ1n) is 4.35. The molecule has 0 aromatic heterocycles. The molecule has 0 spiro atoms. The molecule has 1 fully saturated rings. The van der Waals surface area contributed by atoms with Crippen LogP contribution in [0.2, 0.25) is 0 Å². The zero-order valence-corrected chi connectivity index (χ0v) is 8.01. The van der Waals surface area contributed by atoms with E-state index in [0.29, 0.717) is 5.88 Å². The predicted octanol–water partition coefficient (Wildman–Crippen LogP) is 2.69. The van der Waals surface area contributed by atoms with Gasteiger partial charge in [-0.2, -0.15) is 13.2 Å². The number of hydrogen-bond acceptors (Lipinski definition) is 1. The molecule has 1 nitrogen and oxygen atoms in total.